The van der Waals surface area contributed by atoms with Crippen LogP contribution in [0.1, 0.15) is 43.2 Å². The second-order valence-corrected chi connectivity index (χ2v) is 12.4. The van der Waals surface area contributed by atoms with Gasteiger partial charge in [0.05, 0.1) is 0 Å². The van der Waals surface area contributed by atoms with Crippen molar-refractivity contribution in [2.75, 3.05) is 0 Å². The van der Waals surface area contributed by atoms with E-state index >= 15 is 0 Å². The Hall–Kier alpha value is -5.41. The molecule has 222 valence electrons. The molecule has 0 atom stereocenters. The van der Waals surface area contributed by atoms with E-state index in [1.165, 1.54) is 46.9 Å². The standard InChI is InChI=1S/C43H35N3/c1-4-13-31(14-5-1)32-21-25-36(26-22-32)43(29-10-3-11-30-43)37-27-23-35(24-28-37)41-44-40(34-16-6-2-7-17-34)45-42(46-41)39-20-12-18-33-15-8-9-19-38(33)39/h1-2,4-9,12-28H,3,10-11,29-30H2. The van der Waals surface area contributed by atoms with E-state index in [-0.39, 0.29) is 5.41 Å². The van der Waals surface area contributed by atoms with Gasteiger partial charge in [0.15, 0.2) is 17.5 Å². The normalized spacial score (nSPS) is 14.3. The van der Waals surface area contributed by atoms with E-state index in [0.717, 1.165) is 34.9 Å². The van der Waals surface area contributed by atoms with Crippen LogP contribution in [0.5, 0.6) is 0 Å². The van der Waals surface area contributed by atoms with Crippen LogP contribution in [0.2, 0.25) is 0 Å². The topological polar surface area (TPSA) is 38.7 Å². The molecule has 3 nitrogen and oxygen atoms in total. The van der Waals surface area contributed by atoms with E-state index in [1.807, 2.05) is 18.2 Å². The fraction of sp³-hybridized carbons (Fsp3) is 0.140. The molecule has 7 aromatic rings. The van der Waals surface area contributed by atoms with E-state index in [4.69, 9.17) is 15.0 Å². The molecular formula is C43H35N3. The zero-order valence-electron chi connectivity index (χ0n) is 25.8. The molecule has 0 saturated heterocycles. The van der Waals surface area contributed by atoms with Gasteiger partial charge < -0.3 is 0 Å². The number of rotatable bonds is 6. The van der Waals surface area contributed by atoms with Gasteiger partial charge in [-0.15, -0.1) is 0 Å². The maximum atomic E-state index is 5.08. The van der Waals surface area contributed by atoms with Crippen LogP contribution < -0.4 is 0 Å². The minimum absolute atomic E-state index is 0.00835. The highest BCUT2D eigenvalue weighted by Crippen LogP contribution is 2.45. The number of aromatic nitrogens is 3. The van der Waals surface area contributed by atoms with Crippen molar-refractivity contribution in [1.82, 2.24) is 15.0 Å². The van der Waals surface area contributed by atoms with Gasteiger partial charge in [0.1, 0.15) is 0 Å². The molecule has 8 rings (SSSR count). The Morgan fingerprint density at radius 1 is 0.370 bits per heavy atom. The highest BCUT2D eigenvalue weighted by Gasteiger charge is 2.35. The first-order chi connectivity index (χ1) is 22.8. The molecule has 0 amide bonds. The summed E-state index contributed by atoms with van der Waals surface area (Å²) in [4.78, 5) is 15.1. The van der Waals surface area contributed by atoms with Crippen LogP contribution >= 0.6 is 0 Å². The molecule has 3 heteroatoms. The summed E-state index contributed by atoms with van der Waals surface area (Å²) in [5, 5.41) is 2.30. The number of hydrogen-bond acceptors (Lipinski definition) is 3. The third-order valence-corrected chi connectivity index (χ3v) is 9.65. The van der Waals surface area contributed by atoms with Gasteiger partial charge in [0.2, 0.25) is 0 Å². The van der Waals surface area contributed by atoms with Gasteiger partial charge in [-0.25, -0.2) is 15.0 Å². The van der Waals surface area contributed by atoms with Gasteiger partial charge in [-0.1, -0.05) is 171 Å². The Balaban J connectivity index is 1.20. The summed E-state index contributed by atoms with van der Waals surface area (Å²) in [6.07, 6.45) is 6.10. The average Bonchev–Trinajstić information content (AvgIpc) is 3.15. The summed E-state index contributed by atoms with van der Waals surface area (Å²) >= 11 is 0. The largest absolute Gasteiger partial charge is 0.208 e. The lowest BCUT2D eigenvalue weighted by Gasteiger charge is -2.39. The first-order valence-electron chi connectivity index (χ1n) is 16.3. The zero-order chi connectivity index (χ0) is 30.8. The number of hydrogen-bond donors (Lipinski definition) is 0. The van der Waals surface area contributed by atoms with E-state index in [2.05, 4.69) is 133 Å². The van der Waals surface area contributed by atoms with Crippen molar-refractivity contribution in [3.8, 4) is 45.3 Å². The molecule has 1 aliphatic rings. The quantitative estimate of drug-likeness (QED) is 0.192. The molecule has 1 fully saturated rings. The van der Waals surface area contributed by atoms with Gasteiger partial charge in [-0.2, -0.15) is 0 Å². The molecule has 0 spiro atoms. The second-order valence-electron chi connectivity index (χ2n) is 12.4. The summed E-state index contributed by atoms with van der Waals surface area (Å²) in [6.45, 7) is 0. The summed E-state index contributed by atoms with van der Waals surface area (Å²) in [5.74, 6) is 2.06. The molecule has 0 bridgehead atoms. The maximum Gasteiger partial charge on any atom is 0.164 e. The highest BCUT2D eigenvalue weighted by molar-refractivity contribution is 5.95. The first-order valence-corrected chi connectivity index (χ1v) is 16.3. The predicted octanol–water partition coefficient (Wildman–Crippen LogP) is 10.9. The Morgan fingerprint density at radius 2 is 0.848 bits per heavy atom. The smallest absolute Gasteiger partial charge is 0.164 e. The highest BCUT2D eigenvalue weighted by atomic mass is 15.0. The molecule has 6 aromatic carbocycles. The van der Waals surface area contributed by atoms with E-state index in [9.17, 15) is 0 Å². The number of fused-ring (bicyclic) bond motifs is 1. The van der Waals surface area contributed by atoms with Crippen molar-refractivity contribution in [2.45, 2.75) is 37.5 Å². The van der Waals surface area contributed by atoms with Crippen molar-refractivity contribution in [3.63, 3.8) is 0 Å². The van der Waals surface area contributed by atoms with Crippen molar-refractivity contribution in [2.24, 2.45) is 0 Å². The lowest BCUT2D eigenvalue weighted by Crippen LogP contribution is -2.30. The fourth-order valence-electron chi connectivity index (χ4n) is 7.21. The van der Waals surface area contributed by atoms with Crippen LogP contribution in [-0.4, -0.2) is 15.0 Å². The van der Waals surface area contributed by atoms with Crippen molar-refractivity contribution < 1.29 is 0 Å². The Kier molecular flexibility index (Phi) is 7.43. The monoisotopic (exact) mass is 593 g/mol. The third kappa shape index (κ3) is 5.28. The number of benzene rings is 6. The molecule has 0 radical (unpaired) electrons. The maximum absolute atomic E-state index is 5.08. The van der Waals surface area contributed by atoms with Crippen molar-refractivity contribution in [1.29, 1.82) is 0 Å². The summed E-state index contributed by atoms with van der Waals surface area (Å²) < 4.78 is 0. The molecule has 0 aliphatic heterocycles. The number of nitrogens with zero attached hydrogens (tertiary/aromatic N) is 3. The van der Waals surface area contributed by atoms with Crippen LogP contribution in [0, 0.1) is 0 Å². The molecule has 1 aromatic heterocycles. The minimum Gasteiger partial charge on any atom is -0.208 e. The Morgan fingerprint density at radius 3 is 1.50 bits per heavy atom. The van der Waals surface area contributed by atoms with E-state index in [0.29, 0.717) is 17.5 Å². The van der Waals surface area contributed by atoms with Gasteiger partial charge in [-0.05, 0) is 45.9 Å². The van der Waals surface area contributed by atoms with Crippen molar-refractivity contribution >= 4 is 10.8 Å². The lowest BCUT2D eigenvalue weighted by atomic mass is 9.65. The zero-order valence-corrected chi connectivity index (χ0v) is 25.8. The summed E-state index contributed by atoms with van der Waals surface area (Å²) in [5.41, 5.74) is 8.28. The Bertz CT molecular complexity index is 2090. The van der Waals surface area contributed by atoms with Gasteiger partial charge in [0.25, 0.3) is 0 Å². The Labute approximate surface area is 270 Å². The van der Waals surface area contributed by atoms with Crippen LogP contribution in [0.3, 0.4) is 0 Å². The van der Waals surface area contributed by atoms with Gasteiger partial charge in [0, 0.05) is 22.1 Å². The fourth-order valence-corrected chi connectivity index (χ4v) is 7.21. The average molecular weight is 594 g/mol. The molecule has 1 saturated carbocycles. The summed E-state index contributed by atoms with van der Waals surface area (Å²) in [6, 6.07) is 53.9. The van der Waals surface area contributed by atoms with Gasteiger partial charge >= 0.3 is 0 Å². The lowest BCUT2D eigenvalue weighted by molar-refractivity contribution is 0.346. The van der Waals surface area contributed by atoms with Crippen LogP contribution in [0.4, 0.5) is 0 Å². The molecular weight excluding hydrogens is 558 g/mol. The SMILES string of the molecule is c1ccc(-c2ccc(C3(c4ccc(-c5nc(-c6ccccc6)nc(-c6cccc7ccccc67)n5)cc4)CCCCC3)cc2)cc1. The minimum atomic E-state index is 0.00835. The van der Waals surface area contributed by atoms with E-state index < -0.39 is 0 Å². The molecule has 1 heterocycles. The molecule has 46 heavy (non-hydrogen) atoms. The van der Waals surface area contributed by atoms with E-state index in [1.54, 1.807) is 0 Å². The van der Waals surface area contributed by atoms with Gasteiger partial charge in [-0.3, -0.25) is 0 Å². The molecule has 0 unspecified atom stereocenters. The molecule has 1 aliphatic carbocycles. The third-order valence-electron chi connectivity index (χ3n) is 9.65. The molecule has 0 N–H and O–H groups in total. The van der Waals surface area contributed by atoms with Crippen LogP contribution in [0.25, 0.3) is 56.1 Å². The van der Waals surface area contributed by atoms with Crippen LogP contribution in [0.15, 0.2) is 152 Å². The van der Waals surface area contributed by atoms with Crippen LogP contribution in [-0.2, 0) is 5.41 Å². The predicted molar refractivity (Wildman–Crippen MR) is 189 cm³/mol. The summed E-state index contributed by atoms with van der Waals surface area (Å²) in [7, 11) is 0. The second kappa shape index (κ2) is 12.2. The van der Waals surface area contributed by atoms with Crippen molar-refractivity contribution in [3.05, 3.63) is 163 Å². The first kappa shape index (κ1) is 28.1.